The summed E-state index contributed by atoms with van der Waals surface area (Å²) in [4.78, 5) is 0. The maximum absolute atomic E-state index is 12.0. The van der Waals surface area contributed by atoms with Crippen molar-refractivity contribution in [2.24, 2.45) is 0 Å². The van der Waals surface area contributed by atoms with Crippen molar-refractivity contribution in [1.82, 2.24) is 15.4 Å². The molecule has 0 radical (unpaired) electrons. The van der Waals surface area contributed by atoms with Gasteiger partial charge in [-0.2, -0.15) is 0 Å². The summed E-state index contributed by atoms with van der Waals surface area (Å²) in [6.07, 6.45) is 15.4. The summed E-state index contributed by atoms with van der Waals surface area (Å²) in [7, 11) is -3.08. The lowest BCUT2D eigenvalue weighted by molar-refractivity contribution is 0.551. The lowest BCUT2D eigenvalue weighted by Crippen LogP contribution is -2.30. The van der Waals surface area contributed by atoms with Gasteiger partial charge in [0.15, 0.2) is 0 Å². The van der Waals surface area contributed by atoms with Crippen molar-refractivity contribution in [2.75, 3.05) is 38.5 Å². The molecule has 0 saturated heterocycles. The fourth-order valence-corrected chi connectivity index (χ4v) is 4.24. The van der Waals surface area contributed by atoms with Crippen LogP contribution in [-0.4, -0.2) is 46.9 Å². The van der Waals surface area contributed by atoms with E-state index in [0.717, 1.165) is 51.9 Å². The maximum atomic E-state index is 12.0. The second-order valence-electron chi connectivity index (χ2n) is 7.60. The van der Waals surface area contributed by atoms with Gasteiger partial charge < -0.3 is 10.6 Å². The van der Waals surface area contributed by atoms with Gasteiger partial charge in [0.25, 0.3) is 0 Å². The lowest BCUT2D eigenvalue weighted by Gasteiger charge is -2.08. The first kappa shape index (κ1) is 26.8. The Bertz CT molecular complexity index is 359. The molecule has 0 rings (SSSR count). The summed E-state index contributed by atoms with van der Waals surface area (Å²) in [6.45, 7) is 8.95. The Balaban J connectivity index is 3.34. The van der Waals surface area contributed by atoms with Gasteiger partial charge in [-0.1, -0.05) is 71.6 Å². The first-order valence-electron chi connectivity index (χ1n) is 11.5. The van der Waals surface area contributed by atoms with Gasteiger partial charge in [0, 0.05) is 6.54 Å². The Hall–Kier alpha value is -0.170. The summed E-state index contributed by atoms with van der Waals surface area (Å²) >= 11 is 0. The van der Waals surface area contributed by atoms with Gasteiger partial charge in [-0.3, -0.25) is 0 Å². The number of nitrogens with one attached hydrogen (secondary N) is 3. The molecule has 0 aliphatic heterocycles. The molecule has 0 aliphatic carbocycles. The lowest BCUT2D eigenvalue weighted by atomic mass is 10.1. The zero-order valence-corrected chi connectivity index (χ0v) is 19.0. The molecule has 6 heteroatoms. The Morgan fingerprint density at radius 3 is 1.56 bits per heavy atom. The number of sulfonamides is 1. The molecule has 0 aromatic heterocycles. The van der Waals surface area contributed by atoms with E-state index in [1.54, 1.807) is 0 Å². The van der Waals surface area contributed by atoms with Crippen molar-refractivity contribution < 1.29 is 8.42 Å². The number of rotatable bonds is 22. The van der Waals surface area contributed by atoms with Crippen molar-refractivity contribution in [1.29, 1.82) is 0 Å². The fraction of sp³-hybridized carbons (Fsp3) is 1.00. The Kier molecular flexibility index (Phi) is 20.4. The van der Waals surface area contributed by atoms with Crippen LogP contribution in [0.5, 0.6) is 0 Å². The summed E-state index contributed by atoms with van der Waals surface area (Å²) < 4.78 is 26.7. The molecule has 0 bridgehead atoms. The maximum Gasteiger partial charge on any atom is 0.211 e. The van der Waals surface area contributed by atoms with E-state index < -0.39 is 10.0 Å². The minimum absolute atomic E-state index is 0.278. The molecule has 0 aromatic rings. The minimum Gasteiger partial charge on any atom is -0.317 e. The predicted octanol–water partition coefficient (Wildman–Crippen LogP) is 4.20. The van der Waals surface area contributed by atoms with Gasteiger partial charge in [-0.15, -0.1) is 0 Å². The monoisotopic (exact) mass is 405 g/mol. The van der Waals surface area contributed by atoms with Gasteiger partial charge in [-0.25, -0.2) is 13.1 Å². The van der Waals surface area contributed by atoms with E-state index >= 15 is 0 Å². The molecule has 0 amide bonds. The molecule has 0 spiro atoms. The van der Waals surface area contributed by atoms with Gasteiger partial charge >= 0.3 is 0 Å². The van der Waals surface area contributed by atoms with E-state index in [0.29, 0.717) is 6.54 Å². The van der Waals surface area contributed by atoms with E-state index in [1.165, 1.54) is 57.8 Å². The third-order valence-corrected chi connectivity index (χ3v) is 6.22. The van der Waals surface area contributed by atoms with Crippen LogP contribution >= 0.6 is 0 Å². The number of hydrogen-bond acceptors (Lipinski definition) is 4. The molecule has 0 aliphatic rings. The highest BCUT2D eigenvalue weighted by molar-refractivity contribution is 7.89. The summed E-state index contributed by atoms with van der Waals surface area (Å²) in [5, 5.41) is 6.73. The van der Waals surface area contributed by atoms with E-state index in [4.69, 9.17) is 0 Å². The first-order chi connectivity index (χ1) is 13.1. The summed E-state index contributed by atoms with van der Waals surface area (Å²) in [5.74, 6) is 0.278. The quantitative estimate of drug-likeness (QED) is 0.236. The SMILES string of the molecule is CCCCCCCCCCCCS(=O)(=O)NCCCNCCCNCCC. The van der Waals surface area contributed by atoms with Crippen molar-refractivity contribution in [3.05, 3.63) is 0 Å². The Morgan fingerprint density at radius 2 is 1.00 bits per heavy atom. The van der Waals surface area contributed by atoms with Crippen LogP contribution in [0.25, 0.3) is 0 Å². The normalized spacial score (nSPS) is 11.9. The van der Waals surface area contributed by atoms with Crippen molar-refractivity contribution in [3.63, 3.8) is 0 Å². The van der Waals surface area contributed by atoms with Crippen LogP contribution in [0.2, 0.25) is 0 Å². The fourth-order valence-electron chi connectivity index (χ4n) is 3.06. The molecule has 0 unspecified atom stereocenters. The number of unbranched alkanes of at least 4 members (excludes halogenated alkanes) is 9. The molecule has 3 N–H and O–H groups in total. The van der Waals surface area contributed by atoms with Crippen LogP contribution in [0.15, 0.2) is 0 Å². The second kappa shape index (κ2) is 20.6. The highest BCUT2D eigenvalue weighted by Crippen LogP contribution is 2.10. The van der Waals surface area contributed by atoms with E-state index in [2.05, 4.69) is 29.2 Å². The molecule has 0 atom stereocenters. The third-order valence-electron chi connectivity index (χ3n) is 4.75. The highest BCUT2D eigenvalue weighted by Gasteiger charge is 2.08. The Labute approximate surface area is 169 Å². The molecular formula is C21H47N3O2S. The van der Waals surface area contributed by atoms with Crippen LogP contribution in [0.1, 0.15) is 97.3 Å². The van der Waals surface area contributed by atoms with Crippen LogP contribution in [-0.2, 0) is 10.0 Å². The van der Waals surface area contributed by atoms with Crippen molar-refractivity contribution in [2.45, 2.75) is 97.3 Å². The average Bonchev–Trinajstić information content (AvgIpc) is 2.64. The van der Waals surface area contributed by atoms with Crippen LogP contribution in [0, 0.1) is 0 Å². The van der Waals surface area contributed by atoms with Gasteiger partial charge in [-0.05, 0) is 51.9 Å². The zero-order chi connectivity index (χ0) is 20.1. The molecule has 0 aromatic carbocycles. The average molecular weight is 406 g/mol. The summed E-state index contributed by atoms with van der Waals surface area (Å²) in [6, 6.07) is 0. The largest absolute Gasteiger partial charge is 0.317 e. The topological polar surface area (TPSA) is 70.2 Å². The Morgan fingerprint density at radius 1 is 0.519 bits per heavy atom. The first-order valence-corrected chi connectivity index (χ1v) is 13.2. The van der Waals surface area contributed by atoms with Gasteiger partial charge in [0.1, 0.15) is 0 Å². The van der Waals surface area contributed by atoms with Crippen LogP contribution in [0.3, 0.4) is 0 Å². The molecular weight excluding hydrogens is 358 g/mol. The van der Waals surface area contributed by atoms with E-state index in [9.17, 15) is 8.42 Å². The number of hydrogen-bond donors (Lipinski definition) is 3. The molecule has 0 fully saturated rings. The van der Waals surface area contributed by atoms with Crippen LogP contribution < -0.4 is 15.4 Å². The zero-order valence-electron chi connectivity index (χ0n) is 18.2. The van der Waals surface area contributed by atoms with Crippen molar-refractivity contribution in [3.8, 4) is 0 Å². The second-order valence-corrected chi connectivity index (χ2v) is 9.53. The van der Waals surface area contributed by atoms with E-state index in [-0.39, 0.29) is 5.75 Å². The van der Waals surface area contributed by atoms with Gasteiger partial charge in [0.05, 0.1) is 5.75 Å². The third kappa shape index (κ3) is 22.0. The smallest absolute Gasteiger partial charge is 0.211 e. The predicted molar refractivity (Wildman–Crippen MR) is 119 cm³/mol. The highest BCUT2D eigenvalue weighted by atomic mass is 32.2. The van der Waals surface area contributed by atoms with E-state index in [1.807, 2.05) is 0 Å². The standard InChI is InChI=1S/C21H47N3O2S/c1-3-5-6-7-8-9-10-11-12-13-21-27(25,26)24-20-15-19-23-18-14-17-22-16-4-2/h22-24H,3-21H2,1-2H3. The molecule has 0 saturated carbocycles. The van der Waals surface area contributed by atoms with Crippen molar-refractivity contribution >= 4 is 10.0 Å². The molecule has 5 nitrogen and oxygen atoms in total. The molecule has 27 heavy (non-hydrogen) atoms. The minimum atomic E-state index is -3.08. The summed E-state index contributed by atoms with van der Waals surface area (Å²) in [5.41, 5.74) is 0. The molecule has 164 valence electrons. The van der Waals surface area contributed by atoms with Crippen LogP contribution in [0.4, 0.5) is 0 Å². The van der Waals surface area contributed by atoms with Gasteiger partial charge in [0.2, 0.25) is 10.0 Å². The molecule has 0 heterocycles.